The summed E-state index contributed by atoms with van der Waals surface area (Å²) in [6, 6.07) is 5.97. The molecule has 0 saturated carbocycles. The maximum atomic E-state index is 5.84. The third-order valence-electron chi connectivity index (χ3n) is 3.63. The molecule has 1 aliphatic heterocycles. The minimum Gasteiger partial charge on any atom is -0.372 e. The van der Waals surface area contributed by atoms with Gasteiger partial charge in [-0.15, -0.1) is 0 Å². The van der Waals surface area contributed by atoms with Gasteiger partial charge in [-0.05, 0) is 63.7 Å². The number of piperidine rings is 1. The molecule has 100 valence electrons. The summed E-state index contributed by atoms with van der Waals surface area (Å²) >= 11 is 0. The van der Waals surface area contributed by atoms with Crippen LogP contribution in [0.4, 0.5) is 0 Å². The average Bonchev–Trinajstić information content (AvgIpc) is 2.45. The van der Waals surface area contributed by atoms with Crippen LogP contribution in [0.15, 0.2) is 24.4 Å². The first-order valence-electron chi connectivity index (χ1n) is 7.09. The first-order chi connectivity index (χ1) is 8.86. The lowest BCUT2D eigenvalue weighted by Crippen LogP contribution is -2.29. The number of nitrogens with one attached hydrogen (secondary N) is 1. The van der Waals surface area contributed by atoms with E-state index in [1.165, 1.54) is 32.4 Å². The van der Waals surface area contributed by atoms with Crippen LogP contribution < -0.4 is 5.32 Å². The van der Waals surface area contributed by atoms with Gasteiger partial charge in [-0.3, -0.25) is 4.98 Å². The lowest BCUT2D eigenvalue weighted by atomic mass is 9.95. The van der Waals surface area contributed by atoms with Crippen molar-refractivity contribution in [1.82, 2.24) is 10.3 Å². The van der Waals surface area contributed by atoms with E-state index >= 15 is 0 Å². The molecule has 0 bridgehead atoms. The molecule has 0 radical (unpaired) electrons. The van der Waals surface area contributed by atoms with E-state index in [9.17, 15) is 0 Å². The molecule has 1 aliphatic rings. The van der Waals surface area contributed by atoms with Crippen molar-refractivity contribution >= 4 is 0 Å². The Morgan fingerprint density at radius 1 is 1.50 bits per heavy atom. The van der Waals surface area contributed by atoms with Crippen molar-refractivity contribution in [2.24, 2.45) is 5.92 Å². The second kappa shape index (κ2) is 7.49. The first kappa shape index (κ1) is 13.5. The normalized spacial score (nSPS) is 21.7. The number of aromatic nitrogens is 1. The van der Waals surface area contributed by atoms with Crippen molar-refractivity contribution in [2.75, 3.05) is 19.7 Å². The van der Waals surface area contributed by atoms with Crippen LogP contribution in [-0.2, 0) is 4.74 Å². The van der Waals surface area contributed by atoms with Crippen LogP contribution in [-0.4, -0.2) is 24.7 Å². The van der Waals surface area contributed by atoms with E-state index in [2.05, 4.69) is 17.2 Å². The number of nitrogens with zero attached hydrogens (tertiary/aromatic N) is 1. The quantitative estimate of drug-likeness (QED) is 0.786. The second-order valence-electron chi connectivity index (χ2n) is 5.12. The number of hydrogen-bond donors (Lipinski definition) is 1. The van der Waals surface area contributed by atoms with Crippen LogP contribution in [0.3, 0.4) is 0 Å². The minimum atomic E-state index is 0.107. The van der Waals surface area contributed by atoms with Crippen molar-refractivity contribution in [3.05, 3.63) is 30.1 Å². The molecule has 0 amide bonds. The lowest BCUT2D eigenvalue weighted by molar-refractivity contribution is 0.0575. The lowest BCUT2D eigenvalue weighted by Gasteiger charge is -2.22. The summed E-state index contributed by atoms with van der Waals surface area (Å²) in [6.45, 7) is 5.30. The number of rotatable bonds is 6. The van der Waals surface area contributed by atoms with E-state index in [0.29, 0.717) is 0 Å². The summed E-state index contributed by atoms with van der Waals surface area (Å²) < 4.78 is 5.84. The van der Waals surface area contributed by atoms with Gasteiger partial charge < -0.3 is 10.1 Å². The fourth-order valence-corrected chi connectivity index (χ4v) is 2.50. The Hall–Kier alpha value is -0.930. The summed E-state index contributed by atoms with van der Waals surface area (Å²) in [5.41, 5.74) is 1.02. The van der Waals surface area contributed by atoms with E-state index in [-0.39, 0.29) is 6.10 Å². The summed E-state index contributed by atoms with van der Waals surface area (Å²) in [7, 11) is 0. The Kier molecular flexibility index (Phi) is 5.62. The van der Waals surface area contributed by atoms with Crippen LogP contribution in [0, 0.1) is 5.92 Å². The zero-order chi connectivity index (χ0) is 12.6. The molecular formula is C15H24N2O. The highest BCUT2D eigenvalue weighted by atomic mass is 16.5. The van der Waals surface area contributed by atoms with Gasteiger partial charge >= 0.3 is 0 Å². The molecule has 3 nitrogen and oxygen atoms in total. The highest BCUT2D eigenvalue weighted by Gasteiger charge is 2.12. The highest BCUT2D eigenvalue weighted by molar-refractivity contribution is 5.05. The molecule has 2 rings (SSSR count). The maximum Gasteiger partial charge on any atom is 0.0966 e. The zero-order valence-corrected chi connectivity index (χ0v) is 11.3. The third-order valence-corrected chi connectivity index (χ3v) is 3.63. The monoisotopic (exact) mass is 248 g/mol. The van der Waals surface area contributed by atoms with E-state index in [1.54, 1.807) is 0 Å². The maximum absolute atomic E-state index is 5.84. The van der Waals surface area contributed by atoms with Crippen molar-refractivity contribution in [2.45, 2.75) is 38.7 Å². The van der Waals surface area contributed by atoms with Crippen molar-refractivity contribution in [1.29, 1.82) is 0 Å². The van der Waals surface area contributed by atoms with Crippen LogP contribution in [0.25, 0.3) is 0 Å². The number of pyridine rings is 1. The predicted octanol–water partition coefficient (Wildman–Crippen LogP) is 2.94. The predicted molar refractivity (Wildman–Crippen MR) is 73.4 cm³/mol. The molecule has 1 fully saturated rings. The second-order valence-corrected chi connectivity index (χ2v) is 5.12. The van der Waals surface area contributed by atoms with Crippen LogP contribution in [0.1, 0.15) is 44.4 Å². The molecule has 0 unspecified atom stereocenters. The van der Waals surface area contributed by atoms with E-state index < -0.39 is 0 Å². The number of hydrogen-bond acceptors (Lipinski definition) is 3. The van der Waals surface area contributed by atoms with E-state index in [4.69, 9.17) is 4.74 Å². The molecule has 0 spiro atoms. The van der Waals surface area contributed by atoms with Gasteiger partial charge in [0, 0.05) is 12.8 Å². The van der Waals surface area contributed by atoms with Gasteiger partial charge in [-0.2, -0.15) is 0 Å². The van der Waals surface area contributed by atoms with Gasteiger partial charge in [0.15, 0.2) is 0 Å². The Balaban J connectivity index is 1.60. The molecule has 1 aromatic rings. The summed E-state index contributed by atoms with van der Waals surface area (Å²) in [6.07, 6.45) is 7.07. The number of ether oxygens (including phenoxy) is 1. The van der Waals surface area contributed by atoms with E-state index in [0.717, 1.165) is 24.6 Å². The van der Waals surface area contributed by atoms with Crippen LogP contribution >= 0.6 is 0 Å². The Morgan fingerprint density at radius 3 is 3.17 bits per heavy atom. The standard InChI is InChI=1S/C15H24N2O/c1-13(15-8-2-3-10-17-15)18-11-5-7-14-6-4-9-16-12-14/h2-3,8,10,13-14,16H,4-7,9,11-12H2,1H3/t13-,14-/m0/s1. The molecule has 3 heteroatoms. The summed E-state index contributed by atoms with van der Waals surface area (Å²) in [4.78, 5) is 4.31. The molecule has 2 heterocycles. The summed E-state index contributed by atoms with van der Waals surface area (Å²) in [5, 5.41) is 3.46. The molecule has 1 saturated heterocycles. The Bertz CT molecular complexity index is 323. The molecule has 0 aromatic carbocycles. The van der Waals surface area contributed by atoms with Gasteiger partial charge in [0.25, 0.3) is 0 Å². The summed E-state index contributed by atoms with van der Waals surface area (Å²) in [5.74, 6) is 0.854. The van der Waals surface area contributed by atoms with Crippen molar-refractivity contribution < 1.29 is 4.74 Å². The largest absolute Gasteiger partial charge is 0.372 e. The van der Waals surface area contributed by atoms with Gasteiger partial charge in [0.2, 0.25) is 0 Å². The van der Waals surface area contributed by atoms with Gasteiger partial charge in [-0.1, -0.05) is 6.07 Å². The third kappa shape index (κ3) is 4.39. The molecular weight excluding hydrogens is 224 g/mol. The van der Waals surface area contributed by atoms with Crippen molar-refractivity contribution in [3.8, 4) is 0 Å². The molecule has 1 aromatic heterocycles. The SMILES string of the molecule is C[C@H](OCCC[C@@H]1CCCNC1)c1ccccn1. The zero-order valence-electron chi connectivity index (χ0n) is 11.3. The van der Waals surface area contributed by atoms with Crippen molar-refractivity contribution in [3.63, 3.8) is 0 Å². The minimum absolute atomic E-state index is 0.107. The van der Waals surface area contributed by atoms with Gasteiger partial charge in [-0.25, -0.2) is 0 Å². The fourth-order valence-electron chi connectivity index (χ4n) is 2.50. The van der Waals surface area contributed by atoms with Gasteiger partial charge in [0.05, 0.1) is 11.8 Å². The topological polar surface area (TPSA) is 34.1 Å². The van der Waals surface area contributed by atoms with E-state index in [1.807, 2.05) is 24.4 Å². The Labute approximate surface area is 110 Å². The smallest absolute Gasteiger partial charge is 0.0966 e. The van der Waals surface area contributed by atoms with Crippen LogP contribution in [0.5, 0.6) is 0 Å². The average molecular weight is 248 g/mol. The molecule has 18 heavy (non-hydrogen) atoms. The van der Waals surface area contributed by atoms with Crippen LogP contribution in [0.2, 0.25) is 0 Å². The molecule has 1 N–H and O–H groups in total. The first-order valence-corrected chi connectivity index (χ1v) is 7.09. The molecule has 0 aliphatic carbocycles. The highest BCUT2D eigenvalue weighted by Crippen LogP contribution is 2.18. The fraction of sp³-hybridized carbons (Fsp3) is 0.667. The Morgan fingerprint density at radius 2 is 2.44 bits per heavy atom. The van der Waals surface area contributed by atoms with Gasteiger partial charge in [0.1, 0.15) is 0 Å². The molecule has 2 atom stereocenters.